The molecule has 0 radical (unpaired) electrons. The van der Waals surface area contributed by atoms with Gasteiger partial charge in [0.1, 0.15) is 58.2 Å². The maximum Gasteiger partial charge on any atom is 0.411 e. The number of carbonyl (C=O) groups is 10. The number of aliphatic hydroxyl groups excluding tert-OH is 1. The largest absolute Gasteiger partial charge is 0.480 e. The van der Waals surface area contributed by atoms with Crippen molar-refractivity contribution in [3.8, 4) is 39.4 Å². The van der Waals surface area contributed by atoms with Crippen LogP contribution in [-0.4, -0.2) is 280 Å². The number of aliphatic hydroxyl groups is 1. The molecule has 5 amide bonds. The maximum atomic E-state index is 12.6. The van der Waals surface area contributed by atoms with Crippen LogP contribution >= 0.6 is 15.9 Å². The van der Waals surface area contributed by atoms with Crippen molar-refractivity contribution in [2.45, 2.75) is 244 Å². The minimum absolute atomic E-state index is 0. The average molecular weight is 1960 g/mol. The number of hydrogen-bond acceptors (Lipinski definition) is 29. The van der Waals surface area contributed by atoms with Crippen LogP contribution in [0.5, 0.6) is 0 Å². The zero-order valence-corrected chi connectivity index (χ0v) is 81.3. The van der Waals surface area contributed by atoms with Gasteiger partial charge in [-0.1, -0.05) is 192 Å². The average Bonchev–Trinajstić information content (AvgIpc) is 1.66. The maximum absolute atomic E-state index is 12.6. The van der Waals surface area contributed by atoms with E-state index in [0.29, 0.717) is 43.4 Å². The molecule has 5 fully saturated rings. The highest BCUT2D eigenvalue weighted by Gasteiger charge is 2.49. The zero-order valence-electron chi connectivity index (χ0n) is 79.7. The van der Waals surface area contributed by atoms with Gasteiger partial charge in [-0.15, -0.1) is 25.5 Å². The van der Waals surface area contributed by atoms with E-state index >= 15 is 0 Å². The molecule has 137 heavy (non-hydrogen) atoms. The van der Waals surface area contributed by atoms with Crippen molar-refractivity contribution in [2.75, 3.05) is 54.1 Å². The molecule has 8 heterocycles. The fraction of sp³-hybridized carbons (Fsp3) is 0.485. The summed E-state index contributed by atoms with van der Waals surface area (Å²) >= 11 is 3.44. The summed E-state index contributed by atoms with van der Waals surface area (Å²) in [6.45, 7) is 28.0. The monoisotopic (exact) mass is 1960 g/mol. The summed E-state index contributed by atoms with van der Waals surface area (Å²) in [6.07, 6.45) is -2.46. The molecule has 736 valence electrons. The summed E-state index contributed by atoms with van der Waals surface area (Å²) in [7, 11) is 3.80. The van der Waals surface area contributed by atoms with Crippen molar-refractivity contribution in [3.05, 3.63) is 198 Å². The molecule has 5 aliphatic heterocycles. The number of nitriles is 1. The summed E-state index contributed by atoms with van der Waals surface area (Å²) < 4.78 is 42.1. The standard InChI is InChI=1S/2C24H27N5O4.C13H11Br.C12H19N5O4.C12H18N2O4.C11H19NO5.CH4/c1-24(2,3)33-23(32)28-15-19(13-20(28)22(30)31)21-25-26-27-29(21)14-16-9-11-18(12-10-16)17-7-5-4-6-8-17;1-24(2,3)33-23(32)28-15-19(13-20(28)22(30)31)21-25-27-29(26-21)14-16-9-11-18(12-10-16)17-7-5-4-6-8-17;14-10-11-6-8-13(9-7-11)12-4-2-1-3-5-12;1-12(2,3)21-11(19)17-6-7(9-13-15-16-14-9)5-8(17)10(18)20-4;1-12(2,3)18-11(16)14-7-8(6-13)5-9(14)10(15)17-4;1-11(2,3)17-10(15)12-6-7(13)5-8(12)9(14)16-4;/h2*4-12,19-20H,13-15H2,1-3H3,(H,30,31);1-9H,10H2;7-8H,5-6H2,1-4H3,(H,13,14,15,16);8-9H,5,7H2,1-4H3;7-8,13H,5-6H2,1-4H3;1H4/t2*19-,20+;;7-,8+;8-,9-;7-,8-;/m11.100./s1. The van der Waals surface area contributed by atoms with E-state index in [0.717, 1.165) is 38.7 Å². The Labute approximate surface area is 805 Å². The van der Waals surface area contributed by atoms with Gasteiger partial charge in [0.2, 0.25) is 0 Å². The van der Waals surface area contributed by atoms with E-state index in [4.69, 9.17) is 33.7 Å². The second-order valence-electron chi connectivity index (χ2n) is 37.7. The minimum atomic E-state index is -1.07. The number of β-amino-alcohol motifs (C(OH)–C–C–N with tert-alkyl or cyclic N) is 1. The first-order chi connectivity index (χ1) is 64.1. The Morgan fingerprint density at radius 3 is 1.12 bits per heavy atom. The molecule has 40 heteroatoms. The molecule has 0 unspecified atom stereocenters. The van der Waals surface area contributed by atoms with E-state index < -0.39 is 125 Å². The second-order valence-corrected chi connectivity index (χ2v) is 38.3. The molecule has 5 aliphatic rings. The Kier molecular flexibility index (Phi) is 38.5. The summed E-state index contributed by atoms with van der Waals surface area (Å²) in [5.41, 5.74) is 7.08. The molecule has 3 aromatic heterocycles. The number of tetrazole rings is 3. The predicted molar refractivity (Wildman–Crippen MR) is 504 cm³/mol. The normalized spacial score (nSPS) is 19.4. The fourth-order valence-corrected chi connectivity index (χ4v) is 15.4. The Bertz CT molecular complexity index is 5500. The van der Waals surface area contributed by atoms with Crippen molar-refractivity contribution in [3.63, 3.8) is 0 Å². The van der Waals surface area contributed by atoms with Gasteiger partial charge in [-0.05, 0) is 195 Å². The van der Waals surface area contributed by atoms with Crippen LogP contribution in [0.2, 0.25) is 0 Å². The number of methoxy groups -OCH3 is 3. The van der Waals surface area contributed by atoms with Gasteiger partial charge in [0.15, 0.2) is 17.5 Å². The van der Waals surface area contributed by atoms with Crippen LogP contribution in [0, 0.1) is 17.2 Å². The molecule has 4 N–H and O–H groups in total. The van der Waals surface area contributed by atoms with Crippen molar-refractivity contribution in [1.82, 2.24) is 85.5 Å². The molecule has 6 aromatic carbocycles. The highest BCUT2D eigenvalue weighted by molar-refractivity contribution is 9.08. The van der Waals surface area contributed by atoms with E-state index in [1.54, 1.807) is 109 Å². The third kappa shape index (κ3) is 32.4. The number of aromatic nitrogens is 12. The van der Waals surface area contributed by atoms with Crippen LogP contribution in [-0.2, 0) is 80.3 Å². The van der Waals surface area contributed by atoms with Gasteiger partial charge in [0.05, 0.1) is 59.1 Å². The van der Waals surface area contributed by atoms with Crippen LogP contribution in [0.25, 0.3) is 33.4 Å². The molecular weight excluding hydrogens is 1830 g/mol. The van der Waals surface area contributed by atoms with Crippen molar-refractivity contribution < 1.29 is 101 Å². The number of carbonyl (C=O) groups excluding carboxylic acids is 8. The van der Waals surface area contributed by atoms with Crippen LogP contribution in [0.15, 0.2) is 164 Å². The number of nitrogens with zero attached hydrogens (tertiary/aromatic N) is 17. The number of carboxylic acids is 2. The highest BCUT2D eigenvalue weighted by atomic mass is 79.9. The molecule has 0 saturated carbocycles. The molecule has 0 bridgehead atoms. The molecule has 0 spiro atoms. The third-order valence-electron chi connectivity index (χ3n) is 21.3. The number of likely N-dealkylation sites (tertiary alicyclic amines) is 5. The molecule has 10 atom stereocenters. The lowest BCUT2D eigenvalue weighted by Crippen LogP contribution is -2.43. The highest BCUT2D eigenvalue weighted by Crippen LogP contribution is 2.37. The summed E-state index contributed by atoms with van der Waals surface area (Å²) in [5.74, 6) is -3.40. The Morgan fingerprint density at radius 2 is 0.745 bits per heavy atom. The van der Waals surface area contributed by atoms with E-state index in [1.807, 2.05) is 66.7 Å². The third-order valence-corrected chi connectivity index (χ3v) is 21.9. The van der Waals surface area contributed by atoms with Crippen LogP contribution in [0.1, 0.15) is 195 Å². The first-order valence-corrected chi connectivity index (χ1v) is 45.3. The Hall–Kier alpha value is -13.8. The molecule has 5 saturated heterocycles. The number of carboxylic acid groups (broad SMARTS) is 2. The first kappa shape index (κ1) is 108. The quantitative estimate of drug-likeness (QED) is 0.0396. The first-order valence-electron chi connectivity index (χ1n) is 44.2. The van der Waals surface area contributed by atoms with Gasteiger partial charge in [0.25, 0.3) is 0 Å². The number of aromatic amines is 1. The number of halogens is 1. The fourth-order valence-electron chi connectivity index (χ4n) is 15.0. The smallest absolute Gasteiger partial charge is 0.411 e. The van der Waals surface area contributed by atoms with Crippen molar-refractivity contribution in [1.29, 1.82) is 5.26 Å². The van der Waals surface area contributed by atoms with Crippen molar-refractivity contribution >= 4 is 76.2 Å². The number of H-pyrrole nitrogens is 1. The van der Waals surface area contributed by atoms with E-state index in [1.165, 1.54) is 67.3 Å². The summed E-state index contributed by atoms with van der Waals surface area (Å²) in [6, 6.07) is 53.5. The topological polar surface area (TPSA) is 487 Å². The number of nitrogens with one attached hydrogen (secondary N) is 1. The van der Waals surface area contributed by atoms with Gasteiger partial charge >= 0.3 is 60.3 Å². The number of aliphatic carboxylic acids is 2. The number of amides is 5. The number of rotatable bonds is 16. The number of alkyl halides is 1. The lowest BCUT2D eigenvalue weighted by atomic mass is 10.0. The van der Waals surface area contributed by atoms with Crippen LogP contribution in [0.3, 0.4) is 0 Å². The van der Waals surface area contributed by atoms with Gasteiger partial charge in [-0.3, -0.25) is 24.5 Å². The molecule has 0 aliphatic carbocycles. The molecule has 39 nitrogen and oxygen atoms in total. The second kappa shape index (κ2) is 48.6. The number of benzene rings is 6. The molecule has 14 rings (SSSR count). The van der Waals surface area contributed by atoms with Gasteiger partial charge in [0, 0.05) is 55.7 Å². The lowest BCUT2D eigenvalue weighted by molar-refractivity contribution is -0.146. The van der Waals surface area contributed by atoms with Crippen LogP contribution in [0.4, 0.5) is 24.0 Å². The molecular formula is C97H125BrN18O21. The Morgan fingerprint density at radius 1 is 0.409 bits per heavy atom. The Balaban J connectivity index is 0.000000207. The predicted octanol–water partition coefficient (Wildman–Crippen LogP) is 14.3. The van der Waals surface area contributed by atoms with Gasteiger partial charge < -0.3 is 53.2 Å². The number of hydrogen-bond donors (Lipinski definition) is 4. The van der Waals surface area contributed by atoms with E-state index in [9.17, 15) is 63.3 Å². The zero-order chi connectivity index (χ0) is 99.7. The minimum Gasteiger partial charge on any atom is -0.480 e. The van der Waals surface area contributed by atoms with Gasteiger partial charge in [-0.25, -0.2) is 52.6 Å². The van der Waals surface area contributed by atoms with E-state index in [-0.39, 0.29) is 83.1 Å². The lowest BCUT2D eigenvalue weighted by Gasteiger charge is -2.27. The van der Waals surface area contributed by atoms with Crippen LogP contribution < -0.4 is 0 Å². The van der Waals surface area contributed by atoms with Gasteiger partial charge in [-0.2, -0.15) is 15.3 Å². The van der Waals surface area contributed by atoms with E-state index in [2.05, 4.69) is 180 Å². The molecule has 9 aromatic rings. The number of esters is 3. The summed E-state index contributed by atoms with van der Waals surface area (Å²) in [4.78, 5) is 127. The number of ether oxygens (including phenoxy) is 8. The van der Waals surface area contributed by atoms with Crippen molar-refractivity contribution in [2.24, 2.45) is 5.92 Å². The summed E-state index contributed by atoms with van der Waals surface area (Å²) in [5, 5.41) is 77.0. The SMILES string of the molecule is BrCc1ccc(-c2ccccc2)cc1.C.CC(C)(C)OC(=O)N1C[C@H](c2nnn(Cc3ccc(-c4ccccc4)cc3)n2)C[C@H]1C(=O)O.CC(C)(C)OC(=O)N1C[C@H](c2nnnn2Cc2ccc(-c3ccccc3)cc2)C[C@H]1C(=O)O.COC(=O)[C@@H]1C[C@@H](C#N)CN1C(=O)OC(C)(C)C.COC(=O)[C@@H]1C[C@@H](c2nn[nH]n2)CN1C(=O)OC(C)(C)C.COC(=O)[C@@H]1C[C@H](O)CN1C(=O)OC(C)(C)C.